The Morgan fingerprint density at radius 3 is 2.76 bits per heavy atom. The van der Waals surface area contributed by atoms with Crippen molar-refractivity contribution in [2.75, 3.05) is 18.0 Å². The third-order valence-electron chi connectivity index (χ3n) is 5.65. The number of nitrogens with zero attached hydrogens (tertiary/aromatic N) is 3. The van der Waals surface area contributed by atoms with Gasteiger partial charge in [0.25, 0.3) is 5.91 Å². The zero-order valence-corrected chi connectivity index (χ0v) is 17.2. The van der Waals surface area contributed by atoms with Gasteiger partial charge in [-0.2, -0.15) is 0 Å². The van der Waals surface area contributed by atoms with Crippen molar-refractivity contribution in [3.63, 3.8) is 0 Å². The number of nitrogens with two attached hydrogens (primary N) is 1. The molecule has 1 saturated heterocycles. The number of aryl methyl sites for hydroxylation is 1. The maximum Gasteiger partial charge on any atom is 0.257 e. The lowest BCUT2D eigenvalue weighted by Gasteiger charge is -2.32. The van der Waals surface area contributed by atoms with E-state index in [9.17, 15) is 9.18 Å². The molecule has 6 nitrogen and oxygen atoms in total. The lowest BCUT2D eigenvalue weighted by Crippen LogP contribution is -2.41. The van der Waals surface area contributed by atoms with Crippen LogP contribution in [0.2, 0.25) is 5.02 Å². The van der Waals surface area contributed by atoms with Crippen molar-refractivity contribution in [1.29, 1.82) is 0 Å². The molecular weight excluding hydrogens is 393 g/mol. The van der Waals surface area contributed by atoms with Gasteiger partial charge in [0.05, 0.1) is 0 Å². The molecule has 2 heterocycles. The minimum atomic E-state index is -1.70. The fraction of sp³-hybridized carbons (Fsp3) is 0.476. The van der Waals surface area contributed by atoms with E-state index < -0.39 is 11.6 Å². The molecule has 1 saturated carbocycles. The molecule has 8 heteroatoms. The van der Waals surface area contributed by atoms with Crippen LogP contribution in [0.25, 0.3) is 11.4 Å². The van der Waals surface area contributed by atoms with Crippen LogP contribution in [0.3, 0.4) is 0 Å². The lowest BCUT2D eigenvalue weighted by atomic mass is 10.1. The van der Waals surface area contributed by atoms with E-state index in [1.54, 1.807) is 6.20 Å². The van der Waals surface area contributed by atoms with E-state index in [4.69, 9.17) is 22.3 Å². The second-order valence-corrected chi connectivity index (χ2v) is 8.39. The highest BCUT2D eigenvalue weighted by atomic mass is 35.5. The number of hydrogen-bond acceptors (Lipinski definition) is 5. The van der Waals surface area contributed by atoms with Crippen molar-refractivity contribution in [3.8, 4) is 11.4 Å². The van der Waals surface area contributed by atoms with Gasteiger partial charge < -0.3 is 16.0 Å². The number of amides is 1. The summed E-state index contributed by atoms with van der Waals surface area (Å²) < 4.78 is 14.0. The van der Waals surface area contributed by atoms with Gasteiger partial charge in [-0.3, -0.25) is 4.79 Å². The Bertz CT molecular complexity index is 925. The van der Waals surface area contributed by atoms with Gasteiger partial charge in [-0.1, -0.05) is 23.7 Å². The average molecular weight is 418 g/mol. The van der Waals surface area contributed by atoms with Crippen LogP contribution in [0.4, 0.5) is 10.2 Å². The van der Waals surface area contributed by atoms with E-state index in [0.717, 1.165) is 48.4 Å². The number of halogens is 2. The Labute approximate surface area is 174 Å². The monoisotopic (exact) mass is 417 g/mol. The molecule has 0 atom stereocenters. The molecule has 29 heavy (non-hydrogen) atoms. The Balaban J connectivity index is 1.62. The largest absolute Gasteiger partial charge is 0.356 e. The second kappa shape index (κ2) is 7.88. The van der Waals surface area contributed by atoms with Crippen LogP contribution in [0, 0.1) is 6.92 Å². The molecule has 4 rings (SSSR count). The number of piperidine rings is 1. The minimum absolute atomic E-state index is 0.188. The first-order chi connectivity index (χ1) is 13.9. The summed E-state index contributed by atoms with van der Waals surface area (Å²) in [4.78, 5) is 23.4. The van der Waals surface area contributed by atoms with Crippen LogP contribution in [0.15, 0.2) is 24.4 Å². The van der Waals surface area contributed by atoms with Crippen molar-refractivity contribution in [3.05, 3.63) is 40.5 Å². The molecule has 2 fully saturated rings. The molecule has 0 radical (unpaired) electrons. The van der Waals surface area contributed by atoms with Gasteiger partial charge in [0.15, 0.2) is 11.5 Å². The van der Waals surface area contributed by atoms with Crippen molar-refractivity contribution in [1.82, 2.24) is 15.3 Å². The first-order valence-corrected chi connectivity index (χ1v) is 10.3. The Kier molecular flexibility index (Phi) is 5.44. The van der Waals surface area contributed by atoms with Gasteiger partial charge in [-0.25, -0.2) is 14.4 Å². The van der Waals surface area contributed by atoms with Crippen LogP contribution in [-0.2, 0) is 11.3 Å². The minimum Gasteiger partial charge on any atom is -0.356 e. The van der Waals surface area contributed by atoms with Gasteiger partial charge in [0.2, 0.25) is 0 Å². The zero-order valence-electron chi connectivity index (χ0n) is 16.4. The van der Waals surface area contributed by atoms with Gasteiger partial charge in [0.1, 0.15) is 5.82 Å². The van der Waals surface area contributed by atoms with E-state index in [1.807, 2.05) is 25.1 Å². The van der Waals surface area contributed by atoms with E-state index in [2.05, 4.69) is 15.2 Å². The number of benzene rings is 1. The van der Waals surface area contributed by atoms with Crippen LogP contribution >= 0.6 is 11.6 Å². The fourth-order valence-corrected chi connectivity index (χ4v) is 3.63. The second-order valence-electron chi connectivity index (χ2n) is 7.98. The number of rotatable bonds is 5. The smallest absolute Gasteiger partial charge is 0.257 e. The van der Waals surface area contributed by atoms with Gasteiger partial charge in [-0.05, 0) is 44.2 Å². The van der Waals surface area contributed by atoms with Crippen molar-refractivity contribution in [2.45, 2.75) is 50.9 Å². The third-order valence-corrected chi connectivity index (χ3v) is 6.05. The Hall–Kier alpha value is -2.25. The molecule has 1 aliphatic carbocycles. The molecular formula is C21H25ClFN5O. The molecule has 1 amide bonds. The summed E-state index contributed by atoms with van der Waals surface area (Å²) in [6.07, 6.45) is 4.03. The lowest BCUT2D eigenvalue weighted by molar-refractivity contribution is -0.127. The third kappa shape index (κ3) is 4.36. The molecule has 0 spiro atoms. The topological polar surface area (TPSA) is 84.1 Å². The molecule has 3 N–H and O–H groups in total. The van der Waals surface area contributed by atoms with Crippen LogP contribution in [-0.4, -0.2) is 40.7 Å². The van der Waals surface area contributed by atoms with Crippen LogP contribution in [0.1, 0.15) is 36.8 Å². The van der Waals surface area contributed by atoms with E-state index in [1.165, 1.54) is 0 Å². The highest BCUT2D eigenvalue weighted by Gasteiger charge is 2.50. The fourth-order valence-electron chi connectivity index (χ4n) is 3.45. The first-order valence-electron chi connectivity index (χ1n) is 9.96. The van der Waals surface area contributed by atoms with E-state index >= 15 is 0 Å². The van der Waals surface area contributed by atoms with Crippen LogP contribution in [0.5, 0.6) is 0 Å². The molecule has 2 aliphatic rings. The summed E-state index contributed by atoms with van der Waals surface area (Å²) in [7, 11) is 0. The number of nitrogens with one attached hydrogen (secondary N) is 1. The molecule has 154 valence electrons. The number of hydrogen-bond donors (Lipinski definition) is 2. The summed E-state index contributed by atoms with van der Waals surface area (Å²) in [5.41, 5.74) is 6.92. The molecule has 2 aromatic rings. The maximum absolute atomic E-state index is 14.0. The Morgan fingerprint density at radius 1 is 1.38 bits per heavy atom. The van der Waals surface area contributed by atoms with Crippen molar-refractivity contribution >= 4 is 23.3 Å². The maximum atomic E-state index is 14.0. The number of anilines is 1. The predicted molar refractivity (Wildman–Crippen MR) is 112 cm³/mol. The summed E-state index contributed by atoms with van der Waals surface area (Å²) in [6, 6.07) is 5.91. The molecule has 0 bridgehead atoms. The normalized spacial score (nSPS) is 18.6. The molecule has 1 aromatic heterocycles. The van der Waals surface area contributed by atoms with Gasteiger partial charge in [0, 0.05) is 48.0 Å². The van der Waals surface area contributed by atoms with Gasteiger partial charge in [-0.15, -0.1) is 0 Å². The number of aromatic nitrogens is 2. The van der Waals surface area contributed by atoms with E-state index in [-0.39, 0.29) is 12.6 Å². The van der Waals surface area contributed by atoms with Gasteiger partial charge >= 0.3 is 0 Å². The highest BCUT2D eigenvalue weighted by molar-refractivity contribution is 6.31. The zero-order chi connectivity index (χ0) is 20.6. The highest BCUT2D eigenvalue weighted by Crippen LogP contribution is 2.40. The first kappa shape index (κ1) is 20.0. The summed E-state index contributed by atoms with van der Waals surface area (Å²) in [6.45, 7) is 3.69. The summed E-state index contributed by atoms with van der Waals surface area (Å²) >= 11 is 6.27. The Morgan fingerprint density at radius 2 is 2.10 bits per heavy atom. The predicted octanol–water partition coefficient (Wildman–Crippen LogP) is 3.15. The molecule has 1 aliphatic heterocycles. The number of carbonyl (C=O) groups is 1. The number of alkyl halides is 1. The molecule has 0 unspecified atom stereocenters. The quantitative estimate of drug-likeness (QED) is 0.780. The average Bonchev–Trinajstić information content (AvgIpc) is 3.47. The van der Waals surface area contributed by atoms with E-state index in [0.29, 0.717) is 23.7 Å². The summed E-state index contributed by atoms with van der Waals surface area (Å²) in [5.74, 6) is 0.761. The summed E-state index contributed by atoms with van der Waals surface area (Å²) in [5, 5.41) is 3.36. The number of carbonyl (C=O) groups excluding carboxylic acids is 1. The van der Waals surface area contributed by atoms with Crippen LogP contribution < -0.4 is 16.0 Å². The van der Waals surface area contributed by atoms with Crippen molar-refractivity contribution in [2.24, 2.45) is 5.73 Å². The molecule has 1 aromatic carbocycles. The SMILES string of the molecule is Cc1ccc(-c2ncc(CNC(=O)C3(F)CC3)c(N3CCC(N)CC3)n2)cc1Cl. The standard InChI is InChI=1S/C21H25ClFN5O/c1-13-2-3-14(10-17(13)22)18-25-11-15(12-26-20(29)21(23)6-7-21)19(27-18)28-8-4-16(24)5-9-28/h2-3,10-11,16H,4-9,12,24H2,1H3,(H,26,29). The van der Waals surface area contributed by atoms with Crippen molar-refractivity contribution < 1.29 is 9.18 Å².